The Morgan fingerprint density at radius 2 is 2.00 bits per heavy atom. The second-order valence-corrected chi connectivity index (χ2v) is 4.00. The van der Waals surface area contributed by atoms with Crippen LogP contribution in [0.3, 0.4) is 0 Å². The lowest BCUT2D eigenvalue weighted by molar-refractivity contribution is -0.141. The number of amides is 1. The molecule has 0 saturated heterocycles. The number of carbonyl (C=O) groups excluding carboxylic acids is 2. The van der Waals surface area contributed by atoms with Gasteiger partial charge in [-0.25, -0.2) is 4.68 Å². The van der Waals surface area contributed by atoms with Gasteiger partial charge in [-0.3, -0.25) is 14.4 Å². The van der Waals surface area contributed by atoms with Gasteiger partial charge in [-0.2, -0.15) is 5.10 Å². The maximum Gasteiger partial charge on any atom is 0.325 e. The van der Waals surface area contributed by atoms with Gasteiger partial charge in [0.25, 0.3) is 11.5 Å². The molecule has 0 aliphatic rings. The minimum Gasteiger partial charge on any atom is -0.465 e. The molecule has 1 amide bonds. The summed E-state index contributed by atoms with van der Waals surface area (Å²) in [6, 6.07) is 0. The van der Waals surface area contributed by atoms with E-state index < -0.39 is 17.4 Å². The van der Waals surface area contributed by atoms with Crippen molar-refractivity contribution in [3.8, 4) is 0 Å². The number of carbonyl (C=O) groups is 2. The van der Waals surface area contributed by atoms with E-state index in [-0.39, 0.29) is 18.7 Å². The molecule has 7 heteroatoms. The highest BCUT2D eigenvalue weighted by Crippen LogP contribution is 2.05. The molecular formula is C12H17N3O4. The van der Waals surface area contributed by atoms with Crippen LogP contribution in [0.4, 0.5) is 0 Å². The minimum absolute atomic E-state index is 0.000650. The van der Waals surface area contributed by atoms with Crippen LogP contribution in [0.15, 0.2) is 4.79 Å². The van der Waals surface area contributed by atoms with Gasteiger partial charge < -0.3 is 10.1 Å². The maximum atomic E-state index is 11.9. The Hall–Kier alpha value is -2.18. The monoisotopic (exact) mass is 267 g/mol. The number of nitrogens with zero attached hydrogens (tertiary/aromatic N) is 2. The van der Waals surface area contributed by atoms with E-state index in [9.17, 15) is 14.4 Å². The molecule has 1 aromatic rings. The van der Waals surface area contributed by atoms with Crippen LogP contribution in [-0.2, 0) is 16.6 Å². The van der Waals surface area contributed by atoms with Crippen molar-refractivity contribution in [3.05, 3.63) is 27.2 Å². The SMILES string of the molecule is CCOC(=O)CNC(=O)c1c(C)c(C)nn(C)c1=O. The van der Waals surface area contributed by atoms with Gasteiger partial charge >= 0.3 is 5.97 Å². The first-order valence-corrected chi connectivity index (χ1v) is 5.86. The number of aromatic nitrogens is 2. The number of aryl methyl sites for hydroxylation is 2. The molecular weight excluding hydrogens is 250 g/mol. The molecule has 1 rings (SSSR count). The Kier molecular flexibility index (Phi) is 4.80. The first-order valence-electron chi connectivity index (χ1n) is 5.86. The fraction of sp³-hybridized carbons (Fsp3) is 0.500. The van der Waals surface area contributed by atoms with Gasteiger partial charge in [-0.1, -0.05) is 0 Å². The van der Waals surface area contributed by atoms with Gasteiger partial charge in [0.05, 0.1) is 12.3 Å². The van der Waals surface area contributed by atoms with Crippen molar-refractivity contribution in [1.29, 1.82) is 0 Å². The largest absolute Gasteiger partial charge is 0.465 e. The van der Waals surface area contributed by atoms with Crippen LogP contribution in [0.1, 0.15) is 28.5 Å². The molecule has 7 nitrogen and oxygen atoms in total. The average Bonchev–Trinajstić information content (AvgIpc) is 2.35. The molecule has 0 atom stereocenters. The fourth-order valence-electron chi connectivity index (χ4n) is 1.57. The third-order valence-electron chi connectivity index (χ3n) is 2.65. The molecule has 1 aromatic heterocycles. The topological polar surface area (TPSA) is 90.3 Å². The third-order valence-corrected chi connectivity index (χ3v) is 2.65. The number of nitrogens with one attached hydrogen (secondary N) is 1. The van der Waals surface area contributed by atoms with Crippen molar-refractivity contribution in [2.24, 2.45) is 7.05 Å². The Morgan fingerprint density at radius 1 is 1.37 bits per heavy atom. The van der Waals surface area contributed by atoms with Crippen LogP contribution in [0, 0.1) is 13.8 Å². The molecule has 19 heavy (non-hydrogen) atoms. The van der Waals surface area contributed by atoms with E-state index in [0.717, 1.165) is 4.68 Å². The van der Waals surface area contributed by atoms with Crippen LogP contribution in [0.2, 0.25) is 0 Å². The summed E-state index contributed by atoms with van der Waals surface area (Å²) in [7, 11) is 1.47. The van der Waals surface area contributed by atoms with Gasteiger partial charge in [0, 0.05) is 7.05 Å². The fourth-order valence-corrected chi connectivity index (χ4v) is 1.57. The van der Waals surface area contributed by atoms with E-state index in [0.29, 0.717) is 11.3 Å². The number of esters is 1. The highest BCUT2D eigenvalue weighted by atomic mass is 16.5. The Balaban J connectivity index is 2.95. The predicted octanol–water partition coefficient (Wildman–Crippen LogP) is -0.310. The van der Waals surface area contributed by atoms with Gasteiger partial charge in [-0.15, -0.1) is 0 Å². The van der Waals surface area contributed by atoms with Crippen molar-refractivity contribution in [3.63, 3.8) is 0 Å². The summed E-state index contributed by atoms with van der Waals surface area (Å²) in [4.78, 5) is 35.0. The summed E-state index contributed by atoms with van der Waals surface area (Å²) < 4.78 is 5.79. The summed E-state index contributed by atoms with van der Waals surface area (Å²) in [6.45, 7) is 4.99. The lowest BCUT2D eigenvalue weighted by atomic mass is 10.1. The molecule has 0 bridgehead atoms. The zero-order valence-corrected chi connectivity index (χ0v) is 11.4. The molecule has 0 aliphatic carbocycles. The van der Waals surface area contributed by atoms with E-state index in [2.05, 4.69) is 15.2 Å². The zero-order chi connectivity index (χ0) is 14.6. The van der Waals surface area contributed by atoms with Crippen LogP contribution in [0.5, 0.6) is 0 Å². The summed E-state index contributed by atoms with van der Waals surface area (Å²) in [5, 5.41) is 6.34. The van der Waals surface area contributed by atoms with E-state index in [1.807, 2.05) is 0 Å². The molecule has 0 saturated carbocycles. The molecule has 0 fully saturated rings. The van der Waals surface area contributed by atoms with Crippen molar-refractivity contribution in [2.45, 2.75) is 20.8 Å². The van der Waals surface area contributed by atoms with Crippen molar-refractivity contribution in [1.82, 2.24) is 15.1 Å². The molecule has 0 aliphatic heterocycles. The first-order chi connectivity index (χ1) is 8.88. The van der Waals surface area contributed by atoms with Crippen molar-refractivity contribution in [2.75, 3.05) is 13.2 Å². The summed E-state index contributed by atoms with van der Waals surface area (Å²) in [6.07, 6.45) is 0. The summed E-state index contributed by atoms with van der Waals surface area (Å²) in [5.74, 6) is -1.15. The Bertz CT molecular complexity index is 563. The van der Waals surface area contributed by atoms with Crippen molar-refractivity contribution < 1.29 is 14.3 Å². The molecule has 0 aromatic carbocycles. The molecule has 1 N–H and O–H groups in total. The van der Waals surface area contributed by atoms with Crippen LogP contribution in [0.25, 0.3) is 0 Å². The van der Waals surface area contributed by atoms with Gasteiger partial charge in [-0.05, 0) is 26.3 Å². The second-order valence-electron chi connectivity index (χ2n) is 4.00. The third kappa shape index (κ3) is 3.40. The zero-order valence-electron chi connectivity index (χ0n) is 11.4. The van der Waals surface area contributed by atoms with Crippen LogP contribution < -0.4 is 10.9 Å². The average molecular weight is 267 g/mol. The summed E-state index contributed by atoms with van der Waals surface area (Å²) in [5.41, 5.74) is 0.594. The maximum absolute atomic E-state index is 11.9. The highest BCUT2D eigenvalue weighted by molar-refractivity contribution is 5.96. The normalized spacial score (nSPS) is 10.1. The van der Waals surface area contributed by atoms with E-state index in [4.69, 9.17) is 0 Å². The molecule has 0 radical (unpaired) electrons. The minimum atomic E-state index is -0.600. The van der Waals surface area contributed by atoms with Gasteiger partial charge in [0.15, 0.2) is 0 Å². The van der Waals surface area contributed by atoms with Crippen molar-refractivity contribution >= 4 is 11.9 Å². The lowest BCUT2D eigenvalue weighted by Gasteiger charge is -2.09. The Labute approximate surface area is 110 Å². The van der Waals surface area contributed by atoms with E-state index in [1.54, 1.807) is 20.8 Å². The highest BCUT2D eigenvalue weighted by Gasteiger charge is 2.18. The standard InChI is InChI=1S/C12H17N3O4/c1-5-19-9(16)6-13-11(17)10-7(2)8(3)14-15(4)12(10)18/h5-6H2,1-4H3,(H,13,17). The van der Waals surface area contributed by atoms with Crippen LogP contribution in [-0.4, -0.2) is 34.8 Å². The van der Waals surface area contributed by atoms with Crippen LogP contribution >= 0.6 is 0 Å². The van der Waals surface area contributed by atoms with Gasteiger partial charge in [0.1, 0.15) is 12.1 Å². The molecule has 0 unspecified atom stereocenters. The number of rotatable bonds is 4. The number of hydrogen-bond donors (Lipinski definition) is 1. The number of ether oxygens (including phenoxy) is 1. The number of hydrogen-bond acceptors (Lipinski definition) is 5. The molecule has 1 heterocycles. The first kappa shape index (κ1) is 14.9. The molecule has 0 spiro atoms. The lowest BCUT2D eigenvalue weighted by Crippen LogP contribution is -2.37. The van der Waals surface area contributed by atoms with E-state index >= 15 is 0 Å². The Morgan fingerprint density at radius 3 is 2.58 bits per heavy atom. The molecule has 104 valence electrons. The summed E-state index contributed by atoms with van der Waals surface area (Å²) >= 11 is 0. The smallest absolute Gasteiger partial charge is 0.325 e. The van der Waals surface area contributed by atoms with E-state index in [1.165, 1.54) is 7.05 Å². The predicted molar refractivity (Wildman–Crippen MR) is 67.9 cm³/mol. The second kappa shape index (κ2) is 6.12. The quantitative estimate of drug-likeness (QED) is 0.756. The van der Waals surface area contributed by atoms with Gasteiger partial charge in [0.2, 0.25) is 0 Å².